The molecule has 1 atom stereocenters. The van der Waals surface area contributed by atoms with Crippen molar-refractivity contribution in [3.63, 3.8) is 0 Å². The minimum absolute atomic E-state index is 0.00570. The van der Waals surface area contributed by atoms with Crippen molar-refractivity contribution in [2.24, 2.45) is 0 Å². The molecule has 1 fully saturated rings. The normalized spacial score (nSPS) is 16.4. The SMILES string of the molecule is CC(C(=O)NCc1ccc(F)cc1)N1CCN(CCOc2ccc(Cl)cc2)CC1. The molecular formula is C22H27ClFN3O2. The number of hydrogen-bond acceptors (Lipinski definition) is 4. The van der Waals surface area contributed by atoms with Crippen molar-refractivity contribution in [1.29, 1.82) is 0 Å². The van der Waals surface area contributed by atoms with Crippen LogP contribution in [0.25, 0.3) is 0 Å². The summed E-state index contributed by atoms with van der Waals surface area (Å²) in [5.41, 5.74) is 0.887. The van der Waals surface area contributed by atoms with Gasteiger partial charge in [0.2, 0.25) is 5.91 Å². The van der Waals surface area contributed by atoms with Crippen molar-refractivity contribution >= 4 is 17.5 Å². The van der Waals surface area contributed by atoms with Gasteiger partial charge in [-0.1, -0.05) is 23.7 Å². The number of piperazine rings is 1. The molecule has 7 heteroatoms. The van der Waals surface area contributed by atoms with Crippen LogP contribution in [0.2, 0.25) is 5.02 Å². The molecule has 1 amide bonds. The highest BCUT2D eigenvalue weighted by atomic mass is 35.5. The van der Waals surface area contributed by atoms with Gasteiger partial charge in [-0.2, -0.15) is 0 Å². The zero-order chi connectivity index (χ0) is 20.6. The number of amides is 1. The molecule has 0 aliphatic carbocycles. The molecule has 2 aromatic carbocycles. The summed E-state index contributed by atoms with van der Waals surface area (Å²) in [5, 5.41) is 3.64. The average molecular weight is 420 g/mol. The van der Waals surface area contributed by atoms with Gasteiger partial charge in [0.25, 0.3) is 0 Å². The number of ether oxygens (including phenoxy) is 1. The molecular weight excluding hydrogens is 393 g/mol. The minimum Gasteiger partial charge on any atom is -0.492 e. The van der Waals surface area contributed by atoms with Crippen LogP contribution in [-0.4, -0.2) is 61.1 Å². The van der Waals surface area contributed by atoms with Gasteiger partial charge in [0.15, 0.2) is 0 Å². The third-order valence-electron chi connectivity index (χ3n) is 5.20. The third-order valence-corrected chi connectivity index (χ3v) is 5.46. The summed E-state index contributed by atoms with van der Waals surface area (Å²) in [7, 11) is 0. The standard InChI is InChI=1S/C22H27ClFN3O2/c1-17(22(28)25-16-18-2-6-20(24)7-3-18)27-12-10-26(11-13-27)14-15-29-21-8-4-19(23)5-9-21/h2-9,17H,10-16H2,1H3,(H,25,28). The predicted octanol–water partition coefficient (Wildman–Crippen LogP) is 3.18. The van der Waals surface area contributed by atoms with E-state index < -0.39 is 0 Å². The van der Waals surface area contributed by atoms with E-state index in [0.717, 1.165) is 44.0 Å². The van der Waals surface area contributed by atoms with Gasteiger partial charge in [-0.05, 0) is 48.9 Å². The van der Waals surface area contributed by atoms with Gasteiger partial charge in [0, 0.05) is 44.3 Å². The zero-order valence-electron chi connectivity index (χ0n) is 16.6. The Labute approximate surface area is 176 Å². The van der Waals surface area contributed by atoms with E-state index in [1.807, 2.05) is 31.2 Å². The van der Waals surface area contributed by atoms with E-state index >= 15 is 0 Å². The second-order valence-corrected chi connectivity index (χ2v) is 7.64. The molecule has 0 radical (unpaired) electrons. The van der Waals surface area contributed by atoms with E-state index in [2.05, 4.69) is 15.1 Å². The Hall–Kier alpha value is -2.15. The van der Waals surface area contributed by atoms with Crippen LogP contribution in [0.4, 0.5) is 4.39 Å². The smallest absolute Gasteiger partial charge is 0.237 e. The lowest BCUT2D eigenvalue weighted by Crippen LogP contribution is -2.54. The number of carbonyl (C=O) groups is 1. The average Bonchev–Trinajstić information content (AvgIpc) is 2.74. The van der Waals surface area contributed by atoms with Crippen LogP contribution in [0, 0.1) is 5.82 Å². The van der Waals surface area contributed by atoms with Gasteiger partial charge >= 0.3 is 0 Å². The van der Waals surface area contributed by atoms with Gasteiger partial charge < -0.3 is 10.1 Å². The molecule has 0 aromatic heterocycles. The van der Waals surface area contributed by atoms with Gasteiger partial charge in [-0.3, -0.25) is 14.6 Å². The van der Waals surface area contributed by atoms with Gasteiger partial charge in [0.1, 0.15) is 18.2 Å². The first kappa shape index (κ1) is 21.6. The molecule has 29 heavy (non-hydrogen) atoms. The fourth-order valence-corrected chi connectivity index (χ4v) is 3.43. The zero-order valence-corrected chi connectivity index (χ0v) is 17.4. The number of nitrogens with zero attached hydrogens (tertiary/aromatic N) is 2. The number of benzene rings is 2. The Morgan fingerprint density at radius 1 is 1.10 bits per heavy atom. The molecule has 1 aliphatic heterocycles. The molecule has 0 saturated carbocycles. The first-order valence-corrected chi connectivity index (χ1v) is 10.3. The van der Waals surface area contributed by atoms with E-state index in [0.29, 0.717) is 18.2 Å². The lowest BCUT2D eigenvalue weighted by Gasteiger charge is -2.37. The Balaban J connectivity index is 1.35. The van der Waals surface area contributed by atoms with Gasteiger partial charge in [0.05, 0.1) is 6.04 Å². The fraction of sp³-hybridized carbons (Fsp3) is 0.409. The van der Waals surface area contributed by atoms with Crippen molar-refractivity contribution in [2.75, 3.05) is 39.3 Å². The first-order chi connectivity index (χ1) is 14.0. The van der Waals surface area contributed by atoms with Crippen molar-refractivity contribution in [2.45, 2.75) is 19.5 Å². The summed E-state index contributed by atoms with van der Waals surface area (Å²) >= 11 is 5.87. The maximum atomic E-state index is 13.0. The Morgan fingerprint density at radius 3 is 2.41 bits per heavy atom. The third kappa shape index (κ3) is 6.70. The minimum atomic E-state index is -0.273. The van der Waals surface area contributed by atoms with Gasteiger partial charge in [-0.15, -0.1) is 0 Å². The van der Waals surface area contributed by atoms with E-state index in [9.17, 15) is 9.18 Å². The maximum absolute atomic E-state index is 13.0. The Morgan fingerprint density at radius 2 is 1.76 bits per heavy atom. The van der Waals surface area contributed by atoms with Crippen LogP contribution < -0.4 is 10.1 Å². The summed E-state index contributed by atoms with van der Waals surface area (Å²) in [6.07, 6.45) is 0. The second-order valence-electron chi connectivity index (χ2n) is 7.20. The first-order valence-electron chi connectivity index (χ1n) is 9.88. The molecule has 1 saturated heterocycles. The van der Waals surface area contributed by atoms with E-state index in [1.54, 1.807) is 12.1 Å². The lowest BCUT2D eigenvalue weighted by atomic mass is 10.2. The van der Waals surface area contributed by atoms with Gasteiger partial charge in [-0.25, -0.2) is 4.39 Å². The van der Waals surface area contributed by atoms with Crippen LogP contribution in [0.15, 0.2) is 48.5 Å². The molecule has 1 N–H and O–H groups in total. The van der Waals surface area contributed by atoms with Crippen LogP contribution in [0.3, 0.4) is 0 Å². The summed E-state index contributed by atoms with van der Waals surface area (Å²) in [5.74, 6) is 0.540. The van der Waals surface area contributed by atoms with Crippen molar-refractivity contribution in [1.82, 2.24) is 15.1 Å². The topological polar surface area (TPSA) is 44.8 Å². The predicted molar refractivity (Wildman–Crippen MR) is 113 cm³/mol. The number of hydrogen-bond donors (Lipinski definition) is 1. The summed E-state index contributed by atoms with van der Waals surface area (Å²) < 4.78 is 18.7. The van der Waals surface area contributed by atoms with Crippen molar-refractivity contribution in [3.8, 4) is 5.75 Å². The summed E-state index contributed by atoms with van der Waals surface area (Å²) in [6.45, 7) is 7.29. The Kier molecular flexibility index (Phi) is 7.86. The van der Waals surface area contributed by atoms with E-state index in [-0.39, 0.29) is 17.8 Å². The van der Waals surface area contributed by atoms with Crippen LogP contribution in [0.1, 0.15) is 12.5 Å². The summed E-state index contributed by atoms with van der Waals surface area (Å²) in [6, 6.07) is 13.4. The van der Waals surface area contributed by atoms with Crippen molar-refractivity contribution in [3.05, 3.63) is 64.9 Å². The number of nitrogens with one attached hydrogen (secondary N) is 1. The number of carbonyl (C=O) groups excluding carboxylic acids is 1. The highest BCUT2D eigenvalue weighted by Crippen LogP contribution is 2.15. The summed E-state index contributed by atoms with van der Waals surface area (Å²) in [4.78, 5) is 17.0. The maximum Gasteiger partial charge on any atom is 0.237 e. The molecule has 2 aromatic rings. The van der Waals surface area contributed by atoms with Crippen LogP contribution in [0.5, 0.6) is 5.75 Å². The van der Waals surface area contributed by atoms with Crippen molar-refractivity contribution < 1.29 is 13.9 Å². The molecule has 5 nitrogen and oxygen atoms in total. The molecule has 1 heterocycles. The number of rotatable bonds is 8. The Bertz CT molecular complexity index is 778. The van der Waals surface area contributed by atoms with Crippen LogP contribution >= 0.6 is 11.6 Å². The molecule has 0 spiro atoms. The van der Waals surface area contributed by atoms with Crippen LogP contribution in [-0.2, 0) is 11.3 Å². The second kappa shape index (κ2) is 10.6. The van der Waals surface area contributed by atoms with E-state index in [4.69, 9.17) is 16.3 Å². The highest BCUT2D eigenvalue weighted by molar-refractivity contribution is 6.30. The quantitative estimate of drug-likeness (QED) is 0.713. The molecule has 1 aliphatic rings. The largest absolute Gasteiger partial charge is 0.492 e. The fourth-order valence-electron chi connectivity index (χ4n) is 3.30. The number of halogens is 2. The highest BCUT2D eigenvalue weighted by Gasteiger charge is 2.25. The molecule has 1 unspecified atom stereocenters. The van der Waals surface area contributed by atoms with E-state index in [1.165, 1.54) is 12.1 Å². The monoisotopic (exact) mass is 419 g/mol. The molecule has 156 valence electrons. The molecule has 3 rings (SSSR count). The molecule has 0 bridgehead atoms. The lowest BCUT2D eigenvalue weighted by molar-refractivity contribution is -0.126.